The highest BCUT2D eigenvalue weighted by Gasteiger charge is 2.46. The van der Waals surface area contributed by atoms with Crippen molar-refractivity contribution in [3.8, 4) is 0 Å². The van der Waals surface area contributed by atoms with Crippen LogP contribution in [-0.4, -0.2) is 97.7 Å². The normalized spacial score (nSPS) is 20.3. The van der Waals surface area contributed by atoms with Gasteiger partial charge >= 0.3 is 0 Å². The van der Waals surface area contributed by atoms with Gasteiger partial charge in [-0.2, -0.15) is 0 Å². The van der Waals surface area contributed by atoms with E-state index in [1.54, 1.807) is 0 Å². The van der Waals surface area contributed by atoms with Gasteiger partial charge in [0.2, 0.25) is 10.0 Å². The topological polar surface area (TPSA) is 151 Å². The van der Waals surface area contributed by atoms with E-state index in [9.17, 15) is 33.2 Å². The Kier molecular flexibility index (Phi) is 7.92. The molecule has 12 nitrogen and oxygen atoms in total. The fraction of sp³-hybridized carbons (Fsp3) is 0.360. The lowest BCUT2D eigenvalue weighted by atomic mass is 9.95. The molecule has 2 heterocycles. The van der Waals surface area contributed by atoms with E-state index in [0.29, 0.717) is 38.4 Å². The molecule has 0 bridgehead atoms. The molecule has 1 amide bonds. The van der Waals surface area contributed by atoms with Crippen LogP contribution in [0.25, 0.3) is 5.76 Å². The van der Waals surface area contributed by atoms with Crippen LogP contribution in [0.3, 0.4) is 0 Å². The third kappa shape index (κ3) is 5.31. The summed E-state index contributed by atoms with van der Waals surface area (Å²) >= 11 is 0. The summed E-state index contributed by atoms with van der Waals surface area (Å²) in [7, 11) is -0.923. The molecule has 202 valence electrons. The Morgan fingerprint density at radius 3 is 2.21 bits per heavy atom. The number of aliphatic hydroxyl groups excluding tert-OH is 1. The molecule has 2 aromatic rings. The second-order valence-electron chi connectivity index (χ2n) is 9.11. The van der Waals surface area contributed by atoms with Crippen LogP contribution in [0.5, 0.6) is 0 Å². The average Bonchev–Trinajstić information content (AvgIpc) is 3.17. The van der Waals surface area contributed by atoms with Crippen LogP contribution in [0.15, 0.2) is 59.0 Å². The van der Waals surface area contributed by atoms with Crippen molar-refractivity contribution in [2.45, 2.75) is 10.9 Å². The first kappa shape index (κ1) is 27.4. The van der Waals surface area contributed by atoms with E-state index in [1.807, 2.05) is 0 Å². The molecule has 4 rings (SSSR count). The van der Waals surface area contributed by atoms with Crippen molar-refractivity contribution in [1.29, 1.82) is 0 Å². The molecule has 0 unspecified atom stereocenters. The van der Waals surface area contributed by atoms with E-state index in [2.05, 4.69) is 4.90 Å². The summed E-state index contributed by atoms with van der Waals surface area (Å²) in [6, 6.07) is 9.81. The number of ether oxygens (including phenoxy) is 1. The van der Waals surface area contributed by atoms with E-state index in [4.69, 9.17) is 4.74 Å². The van der Waals surface area contributed by atoms with Crippen LogP contribution < -0.4 is 0 Å². The smallest absolute Gasteiger partial charge is 0.295 e. The van der Waals surface area contributed by atoms with E-state index in [-0.39, 0.29) is 28.3 Å². The minimum atomic E-state index is -3.71. The molecule has 38 heavy (non-hydrogen) atoms. The largest absolute Gasteiger partial charge is 0.507 e. The minimum absolute atomic E-state index is 0.00284. The number of morpholine rings is 1. The molecule has 0 aromatic heterocycles. The average molecular weight is 545 g/mol. The molecular weight excluding hydrogens is 516 g/mol. The number of aliphatic hydroxyl groups is 1. The standard InChI is InChI=1S/C25H28N4O8S/c1-26(2)38(35,36)20-9-5-18(6-10-20)23(30)21-22(17-3-7-19(8-4-17)29(33)34)28(25(32)24(21)31)12-11-27-13-15-37-16-14-27/h3-10,22,30H,11-16H2,1-2H3/b23-21+/t22-/m1/s1. The van der Waals surface area contributed by atoms with Crippen LogP contribution in [0.2, 0.25) is 0 Å². The number of benzene rings is 2. The number of hydrogen-bond acceptors (Lipinski definition) is 9. The summed E-state index contributed by atoms with van der Waals surface area (Å²) < 4.78 is 31.2. The highest BCUT2D eigenvalue weighted by Crippen LogP contribution is 2.39. The zero-order valence-corrected chi connectivity index (χ0v) is 21.8. The Labute approximate surface area is 219 Å². The monoisotopic (exact) mass is 544 g/mol. The lowest BCUT2D eigenvalue weighted by molar-refractivity contribution is -0.384. The summed E-state index contributed by atoms with van der Waals surface area (Å²) in [6.45, 7) is 3.12. The van der Waals surface area contributed by atoms with Gasteiger partial charge in [0, 0.05) is 58.0 Å². The molecule has 13 heteroatoms. The summed E-state index contributed by atoms with van der Waals surface area (Å²) in [6.07, 6.45) is 0. The number of likely N-dealkylation sites (tertiary alicyclic amines) is 1. The molecule has 0 aliphatic carbocycles. The zero-order chi connectivity index (χ0) is 27.6. The second kappa shape index (κ2) is 11.0. The van der Waals surface area contributed by atoms with Crippen LogP contribution in [-0.2, 0) is 24.3 Å². The summed E-state index contributed by atoms with van der Waals surface area (Å²) in [5, 5.41) is 22.4. The summed E-state index contributed by atoms with van der Waals surface area (Å²) in [4.78, 5) is 40.4. The van der Waals surface area contributed by atoms with Crippen molar-refractivity contribution in [3.63, 3.8) is 0 Å². The maximum absolute atomic E-state index is 13.2. The van der Waals surface area contributed by atoms with E-state index in [0.717, 1.165) is 4.31 Å². The molecule has 2 fully saturated rings. The van der Waals surface area contributed by atoms with E-state index < -0.39 is 38.4 Å². The van der Waals surface area contributed by atoms with Gasteiger partial charge in [0.1, 0.15) is 5.76 Å². The fourth-order valence-corrected chi connectivity index (χ4v) is 5.36. The number of rotatable bonds is 8. The Balaban J connectivity index is 1.74. The Morgan fingerprint density at radius 2 is 1.66 bits per heavy atom. The van der Waals surface area contributed by atoms with Crippen molar-refractivity contribution >= 4 is 33.2 Å². The molecule has 0 saturated carbocycles. The predicted molar refractivity (Wildman–Crippen MR) is 137 cm³/mol. The fourth-order valence-electron chi connectivity index (χ4n) is 4.46. The third-order valence-electron chi connectivity index (χ3n) is 6.63. The maximum Gasteiger partial charge on any atom is 0.295 e. The van der Waals surface area contributed by atoms with Crippen molar-refractivity contribution in [2.75, 3.05) is 53.5 Å². The molecule has 2 aliphatic rings. The van der Waals surface area contributed by atoms with Crippen LogP contribution >= 0.6 is 0 Å². The van der Waals surface area contributed by atoms with Gasteiger partial charge < -0.3 is 14.7 Å². The van der Waals surface area contributed by atoms with Gasteiger partial charge in [-0.3, -0.25) is 24.6 Å². The first-order valence-corrected chi connectivity index (χ1v) is 13.3. The SMILES string of the molecule is CN(C)S(=O)(=O)c1ccc(/C(O)=C2\C(=O)C(=O)N(CCN3CCOCC3)[C@@H]2c2ccc([N+](=O)[O-])cc2)cc1. The number of sulfonamides is 1. The highest BCUT2D eigenvalue weighted by atomic mass is 32.2. The van der Waals surface area contributed by atoms with Gasteiger partial charge in [-0.25, -0.2) is 12.7 Å². The van der Waals surface area contributed by atoms with Crippen molar-refractivity contribution < 1.29 is 32.8 Å². The predicted octanol–water partition coefficient (Wildman–Crippen LogP) is 1.60. The minimum Gasteiger partial charge on any atom is -0.507 e. The molecular formula is C25H28N4O8S. The molecule has 0 radical (unpaired) electrons. The zero-order valence-electron chi connectivity index (χ0n) is 20.9. The van der Waals surface area contributed by atoms with Gasteiger partial charge in [-0.15, -0.1) is 0 Å². The van der Waals surface area contributed by atoms with Gasteiger partial charge in [0.25, 0.3) is 17.4 Å². The van der Waals surface area contributed by atoms with Crippen LogP contribution in [0.4, 0.5) is 5.69 Å². The van der Waals surface area contributed by atoms with Gasteiger partial charge in [0.15, 0.2) is 0 Å². The summed E-state index contributed by atoms with van der Waals surface area (Å²) in [5.41, 5.74) is 0.247. The Bertz CT molecular complexity index is 1370. The number of nitro benzene ring substituents is 1. The number of non-ortho nitro benzene ring substituents is 1. The number of carbonyl (C=O) groups is 2. The first-order chi connectivity index (χ1) is 18.0. The highest BCUT2D eigenvalue weighted by molar-refractivity contribution is 7.89. The molecule has 1 N–H and O–H groups in total. The molecule has 1 atom stereocenters. The second-order valence-corrected chi connectivity index (χ2v) is 11.3. The van der Waals surface area contributed by atoms with Crippen molar-refractivity contribution in [1.82, 2.24) is 14.1 Å². The van der Waals surface area contributed by atoms with E-state index in [1.165, 1.54) is 67.5 Å². The number of amides is 1. The van der Waals surface area contributed by atoms with Gasteiger partial charge in [0.05, 0.1) is 34.6 Å². The number of carbonyl (C=O) groups excluding carboxylic acids is 2. The number of ketones is 1. The number of Topliss-reactive ketones (excluding diaryl/α,β-unsaturated/α-hetero) is 1. The number of hydrogen-bond donors (Lipinski definition) is 1. The number of nitrogens with zero attached hydrogens (tertiary/aromatic N) is 4. The molecule has 2 aliphatic heterocycles. The quantitative estimate of drug-likeness (QED) is 0.172. The van der Waals surface area contributed by atoms with Gasteiger partial charge in [-0.1, -0.05) is 0 Å². The van der Waals surface area contributed by atoms with E-state index >= 15 is 0 Å². The maximum atomic E-state index is 13.2. The van der Waals surface area contributed by atoms with Crippen LogP contribution in [0.1, 0.15) is 17.2 Å². The van der Waals surface area contributed by atoms with Crippen LogP contribution in [0, 0.1) is 10.1 Å². The lowest BCUT2D eigenvalue weighted by Crippen LogP contribution is -2.42. The van der Waals surface area contributed by atoms with Gasteiger partial charge in [-0.05, 0) is 42.0 Å². The number of nitro groups is 1. The molecule has 2 aromatic carbocycles. The Morgan fingerprint density at radius 1 is 1.05 bits per heavy atom. The van der Waals surface area contributed by atoms with Crippen molar-refractivity contribution in [3.05, 3.63) is 75.3 Å². The van der Waals surface area contributed by atoms with Crippen molar-refractivity contribution in [2.24, 2.45) is 0 Å². The molecule has 2 saturated heterocycles. The Hall–Kier alpha value is -3.65. The first-order valence-electron chi connectivity index (χ1n) is 11.9. The molecule has 0 spiro atoms. The lowest BCUT2D eigenvalue weighted by Gasteiger charge is -2.31. The third-order valence-corrected chi connectivity index (χ3v) is 8.46. The summed E-state index contributed by atoms with van der Waals surface area (Å²) in [5.74, 6) is -2.15.